The van der Waals surface area contributed by atoms with Crippen molar-refractivity contribution < 1.29 is 23.5 Å². The molecule has 0 spiro atoms. The molecule has 164 valence electrons. The Kier molecular flexibility index (Phi) is 10.4. The lowest BCUT2D eigenvalue weighted by atomic mass is 10.2. The molecule has 0 fully saturated rings. The van der Waals surface area contributed by atoms with E-state index in [9.17, 15) is 9.59 Å². The predicted molar refractivity (Wildman–Crippen MR) is 116 cm³/mol. The molecule has 1 atom stereocenters. The Morgan fingerprint density at radius 3 is 2.38 bits per heavy atom. The summed E-state index contributed by atoms with van der Waals surface area (Å²) in [5, 5.41) is 5.99. The SMILES string of the molecule is COC(=O)CNCC(CCO[Si](C)(C)C(C)(C)C)NC(=O)OCc1ccccc1. The van der Waals surface area contributed by atoms with Gasteiger partial charge < -0.3 is 24.5 Å². The lowest BCUT2D eigenvalue weighted by Gasteiger charge is -2.36. The van der Waals surface area contributed by atoms with Crippen molar-refractivity contribution in [2.45, 2.75) is 58.0 Å². The molecule has 1 amide bonds. The number of carbonyl (C=O) groups is 2. The number of alkyl carbamates (subject to hydrolysis) is 1. The zero-order valence-corrected chi connectivity index (χ0v) is 19.5. The highest BCUT2D eigenvalue weighted by Gasteiger charge is 2.37. The third-order valence-corrected chi connectivity index (χ3v) is 9.70. The van der Waals surface area contributed by atoms with Gasteiger partial charge in [0.2, 0.25) is 0 Å². The van der Waals surface area contributed by atoms with Crippen LogP contribution in [0.3, 0.4) is 0 Å². The van der Waals surface area contributed by atoms with Crippen LogP contribution in [0.25, 0.3) is 0 Å². The van der Waals surface area contributed by atoms with Crippen LogP contribution in [0.1, 0.15) is 32.8 Å². The van der Waals surface area contributed by atoms with Crippen molar-refractivity contribution in [1.29, 1.82) is 0 Å². The number of benzene rings is 1. The monoisotopic (exact) mass is 424 g/mol. The molecule has 0 heterocycles. The fraction of sp³-hybridized carbons (Fsp3) is 0.619. The van der Waals surface area contributed by atoms with E-state index in [1.54, 1.807) is 0 Å². The van der Waals surface area contributed by atoms with Gasteiger partial charge in [-0.15, -0.1) is 0 Å². The standard InChI is InChI=1S/C21H36N2O5Si/c1-21(2,3)29(5,6)28-13-12-18(14-22-15-19(24)26-4)23-20(25)27-16-17-10-8-7-9-11-17/h7-11,18,22H,12-16H2,1-6H3,(H,23,25). The van der Waals surface area contributed by atoms with E-state index in [1.807, 2.05) is 30.3 Å². The predicted octanol–water partition coefficient (Wildman–Crippen LogP) is 3.46. The van der Waals surface area contributed by atoms with Crippen molar-refractivity contribution in [3.8, 4) is 0 Å². The van der Waals surface area contributed by atoms with Crippen LogP contribution in [-0.4, -0.2) is 53.2 Å². The molecule has 1 aromatic carbocycles. The fourth-order valence-electron chi connectivity index (χ4n) is 2.25. The third kappa shape index (κ3) is 9.91. The van der Waals surface area contributed by atoms with E-state index in [2.05, 4.69) is 49.2 Å². The van der Waals surface area contributed by atoms with Crippen molar-refractivity contribution in [2.75, 3.05) is 26.8 Å². The zero-order valence-electron chi connectivity index (χ0n) is 18.5. The van der Waals surface area contributed by atoms with Gasteiger partial charge in [0.25, 0.3) is 0 Å². The molecule has 0 aliphatic carbocycles. The van der Waals surface area contributed by atoms with Crippen molar-refractivity contribution >= 4 is 20.4 Å². The van der Waals surface area contributed by atoms with Crippen LogP contribution in [-0.2, 0) is 25.3 Å². The summed E-state index contributed by atoms with van der Waals surface area (Å²) >= 11 is 0. The number of esters is 1. The summed E-state index contributed by atoms with van der Waals surface area (Å²) in [4.78, 5) is 23.5. The third-order valence-electron chi connectivity index (χ3n) is 5.16. The van der Waals surface area contributed by atoms with E-state index in [-0.39, 0.29) is 30.2 Å². The fourth-order valence-corrected chi connectivity index (χ4v) is 3.31. The molecule has 0 bridgehead atoms. The molecule has 1 aromatic rings. The zero-order chi connectivity index (χ0) is 21.9. The van der Waals surface area contributed by atoms with Crippen molar-refractivity contribution in [3.63, 3.8) is 0 Å². The van der Waals surface area contributed by atoms with Gasteiger partial charge in [0.1, 0.15) is 6.61 Å². The topological polar surface area (TPSA) is 85.9 Å². The Hall–Kier alpha value is -1.90. The Bertz CT molecular complexity index is 632. The molecule has 0 saturated heterocycles. The number of nitrogens with one attached hydrogen (secondary N) is 2. The summed E-state index contributed by atoms with van der Waals surface area (Å²) in [6.45, 7) is 12.2. The molecule has 0 radical (unpaired) electrons. The molecule has 8 heteroatoms. The maximum Gasteiger partial charge on any atom is 0.407 e. The van der Waals surface area contributed by atoms with E-state index in [0.717, 1.165) is 5.56 Å². The normalized spacial score (nSPS) is 12.9. The molecule has 1 unspecified atom stereocenters. The minimum atomic E-state index is -1.86. The summed E-state index contributed by atoms with van der Waals surface area (Å²) in [6.07, 6.45) is 0.118. The van der Waals surface area contributed by atoms with Crippen LogP contribution in [0.4, 0.5) is 4.79 Å². The first-order valence-corrected chi connectivity index (χ1v) is 12.8. The Labute approximate surface area is 175 Å². The second kappa shape index (κ2) is 11.9. The summed E-state index contributed by atoms with van der Waals surface area (Å²) in [5.41, 5.74) is 0.921. The smallest absolute Gasteiger partial charge is 0.407 e. The van der Waals surface area contributed by atoms with E-state index in [0.29, 0.717) is 19.6 Å². The van der Waals surface area contributed by atoms with Gasteiger partial charge in [0, 0.05) is 19.2 Å². The molecular formula is C21H36N2O5Si. The molecule has 0 aliphatic heterocycles. The van der Waals surface area contributed by atoms with Gasteiger partial charge >= 0.3 is 12.1 Å². The maximum atomic E-state index is 12.2. The van der Waals surface area contributed by atoms with Crippen LogP contribution < -0.4 is 10.6 Å². The van der Waals surface area contributed by atoms with Crippen molar-refractivity contribution in [3.05, 3.63) is 35.9 Å². The number of hydrogen-bond donors (Lipinski definition) is 2. The number of carbonyl (C=O) groups excluding carboxylic acids is 2. The van der Waals surface area contributed by atoms with E-state index < -0.39 is 14.4 Å². The van der Waals surface area contributed by atoms with Crippen molar-refractivity contribution in [1.82, 2.24) is 10.6 Å². The van der Waals surface area contributed by atoms with Crippen molar-refractivity contribution in [2.24, 2.45) is 0 Å². The number of ether oxygens (including phenoxy) is 2. The number of rotatable bonds is 11. The van der Waals surface area contributed by atoms with Gasteiger partial charge in [-0.1, -0.05) is 51.1 Å². The molecular weight excluding hydrogens is 388 g/mol. The quantitative estimate of drug-likeness (QED) is 0.418. The van der Waals surface area contributed by atoms with E-state index in [4.69, 9.17) is 9.16 Å². The largest absolute Gasteiger partial charge is 0.468 e. The Balaban J connectivity index is 2.55. The molecule has 1 rings (SSSR count). The maximum absolute atomic E-state index is 12.2. The lowest BCUT2D eigenvalue weighted by Crippen LogP contribution is -2.46. The highest BCUT2D eigenvalue weighted by atomic mass is 28.4. The first-order valence-electron chi connectivity index (χ1n) is 9.94. The average molecular weight is 425 g/mol. The van der Waals surface area contributed by atoms with E-state index >= 15 is 0 Å². The van der Waals surface area contributed by atoms with Crippen LogP contribution in [0.5, 0.6) is 0 Å². The lowest BCUT2D eigenvalue weighted by molar-refractivity contribution is -0.139. The molecule has 0 aromatic heterocycles. The first kappa shape index (κ1) is 25.1. The summed E-state index contributed by atoms with van der Waals surface area (Å²) in [5.74, 6) is -0.354. The van der Waals surface area contributed by atoms with Crippen LogP contribution >= 0.6 is 0 Å². The number of methoxy groups -OCH3 is 1. The average Bonchev–Trinajstić information content (AvgIpc) is 2.65. The van der Waals surface area contributed by atoms with E-state index in [1.165, 1.54) is 7.11 Å². The van der Waals surface area contributed by atoms with Gasteiger partial charge in [-0.3, -0.25) is 4.79 Å². The molecule has 0 aliphatic rings. The highest BCUT2D eigenvalue weighted by molar-refractivity contribution is 6.74. The summed E-state index contributed by atoms with van der Waals surface area (Å²) < 4.78 is 16.1. The summed E-state index contributed by atoms with van der Waals surface area (Å²) in [6, 6.07) is 9.27. The number of amides is 1. The van der Waals surface area contributed by atoms with Gasteiger partial charge in [-0.25, -0.2) is 4.79 Å². The minimum Gasteiger partial charge on any atom is -0.468 e. The summed E-state index contributed by atoms with van der Waals surface area (Å²) in [7, 11) is -0.523. The molecule has 2 N–H and O–H groups in total. The first-order chi connectivity index (χ1) is 13.5. The van der Waals surface area contributed by atoms with Crippen LogP contribution in [0.2, 0.25) is 18.1 Å². The van der Waals surface area contributed by atoms with Crippen LogP contribution in [0.15, 0.2) is 30.3 Å². The van der Waals surface area contributed by atoms with Gasteiger partial charge in [-0.05, 0) is 30.1 Å². The van der Waals surface area contributed by atoms with Gasteiger partial charge in [0.05, 0.1) is 13.7 Å². The second-order valence-corrected chi connectivity index (χ2v) is 13.3. The molecule has 0 saturated carbocycles. The minimum absolute atomic E-state index is 0.0802. The second-order valence-electron chi connectivity index (χ2n) is 8.51. The molecule has 7 nitrogen and oxygen atoms in total. The van der Waals surface area contributed by atoms with Crippen LogP contribution in [0, 0.1) is 0 Å². The highest BCUT2D eigenvalue weighted by Crippen LogP contribution is 2.36. The van der Waals surface area contributed by atoms with Gasteiger partial charge in [-0.2, -0.15) is 0 Å². The van der Waals surface area contributed by atoms with Gasteiger partial charge in [0.15, 0.2) is 8.32 Å². The Morgan fingerprint density at radius 2 is 1.79 bits per heavy atom. The Morgan fingerprint density at radius 1 is 1.14 bits per heavy atom. The molecule has 29 heavy (non-hydrogen) atoms. The number of hydrogen-bond acceptors (Lipinski definition) is 6.